The van der Waals surface area contributed by atoms with Crippen LogP contribution in [-0.2, 0) is 6.42 Å². The van der Waals surface area contributed by atoms with Crippen molar-refractivity contribution in [3.8, 4) is 5.75 Å². The zero-order chi connectivity index (χ0) is 12.1. The lowest BCUT2D eigenvalue weighted by atomic mass is 10.1. The number of hydrogen-bond donors (Lipinski definition) is 1. The van der Waals surface area contributed by atoms with E-state index in [2.05, 4.69) is 23.8 Å². The maximum Gasteiger partial charge on any atom is 0.145 e. The van der Waals surface area contributed by atoms with Gasteiger partial charge in [0.15, 0.2) is 0 Å². The first-order chi connectivity index (χ1) is 7.56. The molecule has 3 heteroatoms. The van der Waals surface area contributed by atoms with Crippen LogP contribution in [0.15, 0.2) is 11.2 Å². The standard InChI is InChI=1S/C13H20N2O/c1-5-11-7-15-10(4)13(16)12(11)8-14-6-9(2)3/h7-9,16H,5-6H2,1-4H3. The fourth-order valence-corrected chi connectivity index (χ4v) is 1.43. The summed E-state index contributed by atoms with van der Waals surface area (Å²) in [6, 6.07) is 0. The van der Waals surface area contributed by atoms with Gasteiger partial charge in [0.25, 0.3) is 0 Å². The lowest BCUT2D eigenvalue weighted by Crippen LogP contribution is -1.99. The van der Waals surface area contributed by atoms with Gasteiger partial charge in [-0.2, -0.15) is 0 Å². The fourth-order valence-electron chi connectivity index (χ4n) is 1.43. The summed E-state index contributed by atoms with van der Waals surface area (Å²) < 4.78 is 0. The van der Waals surface area contributed by atoms with E-state index in [4.69, 9.17) is 0 Å². The number of aromatic nitrogens is 1. The number of nitrogens with zero attached hydrogens (tertiary/aromatic N) is 2. The molecule has 1 aromatic heterocycles. The van der Waals surface area contributed by atoms with E-state index in [0.717, 1.165) is 24.1 Å². The van der Waals surface area contributed by atoms with Gasteiger partial charge in [0, 0.05) is 24.5 Å². The highest BCUT2D eigenvalue weighted by Crippen LogP contribution is 2.22. The Labute approximate surface area is 97.3 Å². The molecule has 0 amide bonds. The van der Waals surface area contributed by atoms with Crippen LogP contribution < -0.4 is 0 Å². The van der Waals surface area contributed by atoms with Gasteiger partial charge in [-0.1, -0.05) is 20.8 Å². The van der Waals surface area contributed by atoms with Crippen LogP contribution >= 0.6 is 0 Å². The Morgan fingerprint density at radius 2 is 2.19 bits per heavy atom. The lowest BCUT2D eigenvalue weighted by Gasteiger charge is -2.07. The van der Waals surface area contributed by atoms with Crippen LogP contribution in [0.4, 0.5) is 0 Å². The molecule has 0 aliphatic carbocycles. The largest absolute Gasteiger partial charge is 0.505 e. The van der Waals surface area contributed by atoms with Crippen molar-refractivity contribution in [3.05, 3.63) is 23.0 Å². The number of aliphatic imine (C=N–C) groups is 1. The summed E-state index contributed by atoms with van der Waals surface area (Å²) in [6.07, 6.45) is 4.43. The summed E-state index contributed by atoms with van der Waals surface area (Å²) in [4.78, 5) is 8.48. The number of aromatic hydroxyl groups is 1. The van der Waals surface area contributed by atoms with Gasteiger partial charge in [0.1, 0.15) is 5.75 Å². The van der Waals surface area contributed by atoms with Gasteiger partial charge in [-0.15, -0.1) is 0 Å². The molecular weight excluding hydrogens is 200 g/mol. The van der Waals surface area contributed by atoms with Crippen molar-refractivity contribution in [1.82, 2.24) is 4.98 Å². The number of hydrogen-bond acceptors (Lipinski definition) is 3. The lowest BCUT2D eigenvalue weighted by molar-refractivity contribution is 0.465. The van der Waals surface area contributed by atoms with E-state index in [1.54, 1.807) is 13.1 Å². The van der Waals surface area contributed by atoms with Crippen molar-refractivity contribution in [3.63, 3.8) is 0 Å². The van der Waals surface area contributed by atoms with Gasteiger partial charge in [0.2, 0.25) is 0 Å². The fraction of sp³-hybridized carbons (Fsp3) is 0.538. The Hall–Kier alpha value is -1.38. The maximum absolute atomic E-state index is 9.92. The highest BCUT2D eigenvalue weighted by atomic mass is 16.3. The van der Waals surface area contributed by atoms with E-state index in [1.807, 2.05) is 13.1 Å². The quantitative estimate of drug-likeness (QED) is 0.793. The summed E-state index contributed by atoms with van der Waals surface area (Å²) in [6.45, 7) is 8.87. The third-order valence-corrected chi connectivity index (χ3v) is 2.43. The minimum Gasteiger partial charge on any atom is -0.505 e. The third-order valence-electron chi connectivity index (χ3n) is 2.43. The molecule has 0 aliphatic heterocycles. The molecule has 0 aliphatic rings. The molecule has 1 aromatic rings. The van der Waals surface area contributed by atoms with Crippen molar-refractivity contribution < 1.29 is 5.11 Å². The zero-order valence-corrected chi connectivity index (χ0v) is 10.5. The summed E-state index contributed by atoms with van der Waals surface area (Å²) in [5.41, 5.74) is 2.51. The Balaban J connectivity index is 3.01. The normalized spacial score (nSPS) is 11.6. The van der Waals surface area contributed by atoms with Crippen molar-refractivity contribution >= 4 is 6.21 Å². The second-order valence-electron chi connectivity index (χ2n) is 4.37. The van der Waals surface area contributed by atoms with E-state index in [1.165, 1.54) is 0 Å². The molecule has 88 valence electrons. The Bertz CT molecular complexity index is 384. The summed E-state index contributed by atoms with van der Waals surface area (Å²) >= 11 is 0. The number of rotatable bonds is 4. The molecular formula is C13H20N2O. The third kappa shape index (κ3) is 3.05. The molecule has 3 nitrogen and oxygen atoms in total. The predicted molar refractivity (Wildman–Crippen MR) is 67.3 cm³/mol. The molecule has 0 atom stereocenters. The molecule has 0 aromatic carbocycles. The van der Waals surface area contributed by atoms with Crippen LogP contribution in [-0.4, -0.2) is 22.8 Å². The van der Waals surface area contributed by atoms with E-state index in [9.17, 15) is 5.11 Å². The van der Waals surface area contributed by atoms with Gasteiger partial charge in [-0.3, -0.25) is 9.98 Å². The highest BCUT2D eigenvalue weighted by Gasteiger charge is 2.08. The monoisotopic (exact) mass is 220 g/mol. The number of aryl methyl sites for hydroxylation is 2. The van der Waals surface area contributed by atoms with Crippen molar-refractivity contribution in [2.75, 3.05) is 6.54 Å². The van der Waals surface area contributed by atoms with Crippen LogP contribution in [0.1, 0.15) is 37.6 Å². The minimum atomic E-state index is 0.256. The van der Waals surface area contributed by atoms with Crippen LogP contribution in [0.25, 0.3) is 0 Å². The average molecular weight is 220 g/mol. The summed E-state index contributed by atoms with van der Waals surface area (Å²) in [5, 5.41) is 9.92. The van der Waals surface area contributed by atoms with Gasteiger partial charge in [-0.05, 0) is 24.8 Å². The van der Waals surface area contributed by atoms with Crippen LogP contribution in [0.5, 0.6) is 5.75 Å². The molecule has 0 saturated carbocycles. The van der Waals surface area contributed by atoms with Gasteiger partial charge >= 0.3 is 0 Å². The SMILES string of the molecule is CCc1cnc(C)c(O)c1C=NCC(C)C. The Kier molecular flexibility index (Phi) is 4.47. The predicted octanol–water partition coefficient (Wildman–Crippen LogP) is 2.73. The zero-order valence-electron chi connectivity index (χ0n) is 10.5. The van der Waals surface area contributed by atoms with E-state index >= 15 is 0 Å². The molecule has 0 bridgehead atoms. The van der Waals surface area contributed by atoms with Crippen molar-refractivity contribution in [2.24, 2.45) is 10.9 Å². The highest BCUT2D eigenvalue weighted by molar-refractivity contribution is 5.85. The Morgan fingerprint density at radius 3 is 2.75 bits per heavy atom. The van der Waals surface area contributed by atoms with Crippen molar-refractivity contribution in [1.29, 1.82) is 0 Å². The number of pyridine rings is 1. The second-order valence-corrected chi connectivity index (χ2v) is 4.37. The first-order valence-corrected chi connectivity index (χ1v) is 5.73. The van der Waals surface area contributed by atoms with E-state index < -0.39 is 0 Å². The van der Waals surface area contributed by atoms with Gasteiger partial charge in [0.05, 0.1) is 5.69 Å². The molecule has 16 heavy (non-hydrogen) atoms. The minimum absolute atomic E-state index is 0.256. The first kappa shape index (κ1) is 12.7. The molecule has 0 radical (unpaired) electrons. The van der Waals surface area contributed by atoms with Crippen LogP contribution in [0, 0.1) is 12.8 Å². The van der Waals surface area contributed by atoms with Crippen LogP contribution in [0.3, 0.4) is 0 Å². The van der Waals surface area contributed by atoms with Gasteiger partial charge < -0.3 is 5.11 Å². The maximum atomic E-state index is 9.92. The topological polar surface area (TPSA) is 45.5 Å². The van der Waals surface area contributed by atoms with Gasteiger partial charge in [-0.25, -0.2) is 0 Å². The molecule has 1 N–H and O–H groups in total. The van der Waals surface area contributed by atoms with Crippen molar-refractivity contribution in [2.45, 2.75) is 34.1 Å². The molecule has 0 spiro atoms. The summed E-state index contributed by atoms with van der Waals surface area (Å²) in [7, 11) is 0. The molecule has 1 heterocycles. The van der Waals surface area contributed by atoms with Crippen LogP contribution in [0.2, 0.25) is 0 Å². The van der Waals surface area contributed by atoms with E-state index in [-0.39, 0.29) is 5.75 Å². The molecule has 0 fully saturated rings. The second kappa shape index (κ2) is 5.64. The molecule has 1 rings (SSSR count). The Morgan fingerprint density at radius 1 is 1.50 bits per heavy atom. The average Bonchev–Trinajstić information content (AvgIpc) is 2.24. The molecule has 0 saturated heterocycles. The molecule has 0 unspecified atom stereocenters. The smallest absolute Gasteiger partial charge is 0.145 e. The first-order valence-electron chi connectivity index (χ1n) is 5.73. The van der Waals surface area contributed by atoms with E-state index in [0.29, 0.717) is 11.6 Å². The summed E-state index contributed by atoms with van der Waals surface area (Å²) in [5.74, 6) is 0.790.